The predicted molar refractivity (Wildman–Crippen MR) is 77.1 cm³/mol. The first-order valence-electron chi connectivity index (χ1n) is 7.04. The molecule has 0 aromatic heterocycles. The number of amides is 3. The van der Waals surface area contributed by atoms with Crippen LogP contribution < -0.4 is 11.1 Å². The van der Waals surface area contributed by atoms with Crippen LogP contribution in [0, 0.1) is 0 Å². The number of urea groups is 1. The number of piperidine rings is 1. The van der Waals surface area contributed by atoms with E-state index in [9.17, 15) is 9.59 Å². The zero-order valence-electron chi connectivity index (χ0n) is 12.3. The molecule has 2 aliphatic heterocycles. The lowest BCUT2D eigenvalue weighted by atomic mass is 9.87. The zero-order valence-corrected chi connectivity index (χ0v) is 12.3. The number of nitrogens with two attached hydrogens (primary N) is 1. The van der Waals surface area contributed by atoms with E-state index in [1.807, 2.05) is 19.9 Å². The number of carbonyl (C=O) groups is 2. The molecule has 2 heterocycles. The van der Waals surface area contributed by atoms with Gasteiger partial charge >= 0.3 is 6.03 Å². The van der Waals surface area contributed by atoms with Crippen LogP contribution >= 0.6 is 0 Å². The van der Waals surface area contributed by atoms with Crippen LogP contribution in [0.15, 0.2) is 12.7 Å². The molecule has 1 spiro atoms. The minimum Gasteiger partial charge on any atom is -0.324 e. The van der Waals surface area contributed by atoms with Crippen LogP contribution in [0.5, 0.6) is 0 Å². The van der Waals surface area contributed by atoms with Gasteiger partial charge in [-0.15, -0.1) is 6.58 Å². The van der Waals surface area contributed by atoms with Gasteiger partial charge in [-0.2, -0.15) is 0 Å². The fourth-order valence-electron chi connectivity index (χ4n) is 2.87. The summed E-state index contributed by atoms with van der Waals surface area (Å²) in [6, 6.07) is -0.314. The Hall–Kier alpha value is -1.40. The van der Waals surface area contributed by atoms with Crippen molar-refractivity contribution >= 4 is 11.9 Å². The van der Waals surface area contributed by atoms with Crippen LogP contribution in [0.25, 0.3) is 0 Å². The molecule has 0 aromatic carbocycles. The highest BCUT2D eigenvalue weighted by molar-refractivity contribution is 6.07. The topological polar surface area (TPSA) is 78.7 Å². The van der Waals surface area contributed by atoms with Crippen molar-refractivity contribution in [1.82, 2.24) is 15.1 Å². The average molecular weight is 280 g/mol. The van der Waals surface area contributed by atoms with E-state index in [0.717, 1.165) is 19.6 Å². The molecule has 0 unspecified atom stereocenters. The van der Waals surface area contributed by atoms with Crippen molar-refractivity contribution in [2.75, 3.05) is 26.2 Å². The molecule has 3 N–H and O–H groups in total. The molecular weight excluding hydrogens is 256 g/mol. The van der Waals surface area contributed by atoms with Gasteiger partial charge in [-0.25, -0.2) is 4.79 Å². The first kappa shape index (κ1) is 15.0. The number of hydrogen-bond donors (Lipinski definition) is 2. The van der Waals surface area contributed by atoms with Gasteiger partial charge in [0, 0.05) is 31.7 Å². The lowest BCUT2D eigenvalue weighted by Gasteiger charge is -2.37. The average Bonchev–Trinajstić information content (AvgIpc) is 2.56. The van der Waals surface area contributed by atoms with Gasteiger partial charge in [-0.05, 0) is 26.7 Å². The number of carbonyl (C=O) groups excluding carboxylic acids is 2. The largest absolute Gasteiger partial charge is 0.325 e. The van der Waals surface area contributed by atoms with Crippen molar-refractivity contribution in [3.8, 4) is 0 Å². The molecule has 6 heteroatoms. The van der Waals surface area contributed by atoms with Gasteiger partial charge in [0.2, 0.25) is 0 Å². The minimum atomic E-state index is -0.722. The minimum absolute atomic E-state index is 0.126. The van der Waals surface area contributed by atoms with E-state index in [1.165, 1.54) is 4.90 Å². The first-order valence-corrected chi connectivity index (χ1v) is 7.04. The van der Waals surface area contributed by atoms with Crippen molar-refractivity contribution in [1.29, 1.82) is 0 Å². The highest BCUT2D eigenvalue weighted by Gasteiger charge is 2.52. The van der Waals surface area contributed by atoms with E-state index in [1.54, 1.807) is 0 Å². The Balaban J connectivity index is 2.06. The van der Waals surface area contributed by atoms with Crippen LogP contribution in [0.2, 0.25) is 0 Å². The molecule has 112 valence electrons. The summed E-state index contributed by atoms with van der Waals surface area (Å²) >= 11 is 0. The van der Waals surface area contributed by atoms with Crippen LogP contribution in [0.4, 0.5) is 4.79 Å². The standard InChI is InChI=1S/C14H24N4O2/c1-4-7-17-8-5-14(6-9-17)11(19)18(12(20)16-14)10-13(2,3)15/h4H,1,5-10,15H2,2-3H3,(H,16,20). The summed E-state index contributed by atoms with van der Waals surface area (Å²) in [4.78, 5) is 28.1. The fraction of sp³-hybridized carbons (Fsp3) is 0.714. The molecule has 0 saturated carbocycles. The number of rotatable bonds is 4. The van der Waals surface area contributed by atoms with Crippen molar-refractivity contribution in [2.45, 2.75) is 37.8 Å². The molecule has 2 rings (SSSR count). The van der Waals surface area contributed by atoms with Crippen molar-refractivity contribution in [3.05, 3.63) is 12.7 Å². The second kappa shape index (κ2) is 5.18. The molecule has 2 aliphatic rings. The Bertz CT molecular complexity index is 419. The summed E-state index contributed by atoms with van der Waals surface area (Å²) in [5.41, 5.74) is 4.62. The molecule has 0 bridgehead atoms. The monoisotopic (exact) mass is 280 g/mol. The van der Waals surface area contributed by atoms with Crippen LogP contribution in [0.3, 0.4) is 0 Å². The highest BCUT2D eigenvalue weighted by atomic mass is 16.2. The van der Waals surface area contributed by atoms with Crippen molar-refractivity contribution < 1.29 is 9.59 Å². The van der Waals surface area contributed by atoms with Gasteiger partial charge < -0.3 is 11.1 Å². The smallest absolute Gasteiger partial charge is 0.324 e. The number of imide groups is 1. The SMILES string of the molecule is C=CCN1CCC2(CC1)NC(=O)N(CC(C)(C)N)C2=O. The maximum Gasteiger partial charge on any atom is 0.325 e. The molecule has 0 aliphatic carbocycles. The number of hydrogen-bond acceptors (Lipinski definition) is 4. The van der Waals surface area contributed by atoms with Crippen LogP contribution in [-0.2, 0) is 4.79 Å². The van der Waals surface area contributed by atoms with Gasteiger partial charge in [-0.1, -0.05) is 6.08 Å². The summed E-state index contributed by atoms with van der Waals surface area (Å²) in [6.45, 7) is 9.99. The van der Waals surface area contributed by atoms with Crippen molar-refractivity contribution in [3.63, 3.8) is 0 Å². The second-order valence-electron chi connectivity index (χ2n) is 6.48. The Morgan fingerprint density at radius 2 is 2.00 bits per heavy atom. The van der Waals surface area contributed by atoms with E-state index >= 15 is 0 Å². The lowest BCUT2D eigenvalue weighted by molar-refractivity contribution is -0.133. The fourth-order valence-corrected chi connectivity index (χ4v) is 2.87. The van der Waals surface area contributed by atoms with Gasteiger partial charge in [0.1, 0.15) is 5.54 Å². The Morgan fingerprint density at radius 1 is 1.40 bits per heavy atom. The predicted octanol–water partition coefficient (Wildman–Crippen LogP) is 0.296. The van der Waals surface area contributed by atoms with E-state index in [-0.39, 0.29) is 18.5 Å². The third kappa shape index (κ3) is 2.86. The lowest BCUT2D eigenvalue weighted by Crippen LogP contribution is -2.55. The second-order valence-corrected chi connectivity index (χ2v) is 6.48. The summed E-state index contributed by atoms with van der Waals surface area (Å²) in [7, 11) is 0. The van der Waals surface area contributed by atoms with E-state index < -0.39 is 11.1 Å². The molecule has 6 nitrogen and oxygen atoms in total. The van der Waals surface area contributed by atoms with Gasteiger partial charge in [0.25, 0.3) is 5.91 Å². The van der Waals surface area contributed by atoms with Crippen LogP contribution in [0.1, 0.15) is 26.7 Å². The molecule has 3 amide bonds. The summed E-state index contributed by atoms with van der Waals surface area (Å²) < 4.78 is 0. The Morgan fingerprint density at radius 3 is 2.50 bits per heavy atom. The third-order valence-corrected chi connectivity index (χ3v) is 3.91. The van der Waals surface area contributed by atoms with Gasteiger partial charge in [-0.3, -0.25) is 14.6 Å². The molecule has 2 saturated heterocycles. The quantitative estimate of drug-likeness (QED) is 0.573. The number of nitrogens with one attached hydrogen (secondary N) is 1. The molecular formula is C14H24N4O2. The zero-order chi connectivity index (χ0) is 15.0. The van der Waals surface area contributed by atoms with Gasteiger partial charge in [0.15, 0.2) is 0 Å². The maximum absolute atomic E-state index is 12.6. The molecule has 20 heavy (non-hydrogen) atoms. The van der Waals surface area contributed by atoms with Crippen LogP contribution in [-0.4, -0.2) is 59.0 Å². The summed E-state index contributed by atoms with van der Waals surface area (Å²) in [5, 5.41) is 2.88. The maximum atomic E-state index is 12.6. The number of nitrogens with zero attached hydrogens (tertiary/aromatic N) is 2. The van der Waals surface area contributed by atoms with E-state index in [2.05, 4.69) is 16.8 Å². The van der Waals surface area contributed by atoms with Gasteiger partial charge in [0.05, 0.1) is 0 Å². The highest BCUT2D eigenvalue weighted by Crippen LogP contribution is 2.29. The van der Waals surface area contributed by atoms with E-state index in [0.29, 0.717) is 12.8 Å². The number of likely N-dealkylation sites (tertiary alicyclic amines) is 1. The summed E-state index contributed by atoms with van der Waals surface area (Å²) in [6.07, 6.45) is 3.15. The molecule has 0 atom stereocenters. The van der Waals surface area contributed by atoms with E-state index in [4.69, 9.17) is 5.73 Å². The summed E-state index contributed by atoms with van der Waals surface area (Å²) in [5.74, 6) is -0.126. The first-order chi connectivity index (χ1) is 9.27. The van der Waals surface area contributed by atoms with Crippen molar-refractivity contribution in [2.24, 2.45) is 5.73 Å². The molecule has 2 fully saturated rings. The molecule has 0 aromatic rings. The normalized spacial score (nSPS) is 23.2. The third-order valence-electron chi connectivity index (χ3n) is 3.91. The Labute approximate surface area is 120 Å². The molecule has 0 radical (unpaired) electrons. The Kier molecular flexibility index (Phi) is 3.88.